The monoisotopic (exact) mass is 289 g/mol. The summed E-state index contributed by atoms with van der Waals surface area (Å²) in [4.78, 5) is 2.31. The normalized spacial score (nSPS) is 19.6. The standard InChI is InChI=1S/C14H19N5O2/c1-11-7-12(21-18-11)9-19-5-6-20-13(10-19)8-15-14-3-2-4-16-17-14/h2-4,7,13H,5-6,8-10H2,1H3,(H,15,17)/t13-/m0/s1. The fourth-order valence-corrected chi connectivity index (χ4v) is 2.37. The molecule has 21 heavy (non-hydrogen) atoms. The summed E-state index contributed by atoms with van der Waals surface area (Å²) in [6.45, 7) is 5.89. The number of nitrogens with one attached hydrogen (secondary N) is 1. The van der Waals surface area contributed by atoms with E-state index >= 15 is 0 Å². The van der Waals surface area contributed by atoms with Gasteiger partial charge in [-0.3, -0.25) is 4.90 Å². The number of hydrogen-bond donors (Lipinski definition) is 1. The lowest BCUT2D eigenvalue weighted by atomic mass is 10.2. The van der Waals surface area contributed by atoms with Crippen LogP contribution in [-0.2, 0) is 11.3 Å². The van der Waals surface area contributed by atoms with Crippen LogP contribution in [0, 0.1) is 6.92 Å². The van der Waals surface area contributed by atoms with Crippen LogP contribution in [0.25, 0.3) is 0 Å². The minimum absolute atomic E-state index is 0.129. The minimum Gasteiger partial charge on any atom is -0.374 e. The summed E-state index contributed by atoms with van der Waals surface area (Å²) in [6.07, 6.45) is 1.79. The zero-order valence-corrected chi connectivity index (χ0v) is 12.0. The predicted octanol–water partition coefficient (Wildman–Crippen LogP) is 1.09. The Morgan fingerprint density at radius 3 is 3.19 bits per heavy atom. The number of rotatable bonds is 5. The van der Waals surface area contributed by atoms with Crippen LogP contribution in [0.4, 0.5) is 5.82 Å². The Labute approximate surface area is 123 Å². The van der Waals surface area contributed by atoms with E-state index in [0.717, 1.165) is 43.5 Å². The third-order valence-corrected chi connectivity index (χ3v) is 3.36. The molecule has 1 N–H and O–H groups in total. The molecule has 1 aliphatic heterocycles. The first kappa shape index (κ1) is 14.0. The third kappa shape index (κ3) is 3.99. The van der Waals surface area contributed by atoms with E-state index in [-0.39, 0.29) is 6.10 Å². The van der Waals surface area contributed by atoms with Gasteiger partial charge in [0.05, 0.1) is 24.9 Å². The van der Waals surface area contributed by atoms with Crippen molar-refractivity contribution in [1.29, 1.82) is 0 Å². The number of hydrogen-bond acceptors (Lipinski definition) is 7. The van der Waals surface area contributed by atoms with Crippen LogP contribution >= 0.6 is 0 Å². The third-order valence-electron chi connectivity index (χ3n) is 3.36. The first-order valence-corrected chi connectivity index (χ1v) is 7.07. The van der Waals surface area contributed by atoms with Gasteiger partial charge in [0.1, 0.15) is 5.82 Å². The summed E-state index contributed by atoms with van der Waals surface area (Å²) in [6, 6.07) is 5.72. The van der Waals surface area contributed by atoms with E-state index in [0.29, 0.717) is 6.54 Å². The summed E-state index contributed by atoms with van der Waals surface area (Å²) in [5, 5.41) is 15.0. The van der Waals surface area contributed by atoms with Crippen molar-refractivity contribution in [3.05, 3.63) is 35.9 Å². The van der Waals surface area contributed by atoms with Gasteiger partial charge < -0.3 is 14.6 Å². The van der Waals surface area contributed by atoms with E-state index in [2.05, 4.69) is 25.6 Å². The maximum Gasteiger partial charge on any atom is 0.150 e. The molecule has 0 unspecified atom stereocenters. The SMILES string of the molecule is Cc1cc(CN2CCO[C@@H](CNc3cccnn3)C2)on1. The molecule has 0 radical (unpaired) electrons. The Hall–Kier alpha value is -1.99. The lowest BCUT2D eigenvalue weighted by Gasteiger charge is -2.32. The van der Waals surface area contributed by atoms with Gasteiger partial charge in [-0.05, 0) is 19.1 Å². The van der Waals surface area contributed by atoms with E-state index < -0.39 is 0 Å². The first-order chi connectivity index (χ1) is 10.3. The van der Waals surface area contributed by atoms with Gasteiger partial charge >= 0.3 is 0 Å². The second kappa shape index (κ2) is 6.64. The number of nitrogens with zero attached hydrogens (tertiary/aromatic N) is 4. The lowest BCUT2D eigenvalue weighted by molar-refractivity contribution is -0.0263. The first-order valence-electron chi connectivity index (χ1n) is 7.07. The molecule has 0 aromatic carbocycles. The average Bonchev–Trinajstić information content (AvgIpc) is 2.92. The highest BCUT2D eigenvalue weighted by molar-refractivity contribution is 5.31. The van der Waals surface area contributed by atoms with Gasteiger partial charge in [0.15, 0.2) is 5.76 Å². The Balaban J connectivity index is 1.49. The van der Waals surface area contributed by atoms with Crippen molar-refractivity contribution in [2.24, 2.45) is 0 Å². The molecule has 1 atom stereocenters. The average molecular weight is 289 g/mol. The van der Waals surface area contributed by atoms with Crippen LogP contribution in [0.3, 0.4) is 0 Å². The maximum absolute atomic E-state index is 5.77. The van der Waals surface area contributed by atoms with Gasteiger partial charge in [0.2, 0.25) is 0 Å². The van der Waals surface area contributed by atoms with Crippen LogP contribution in [0.2, 0.25) is 0 Å². The summed E-state index contributed by atoms with van der Waals surface area (Å²) < 4.78 is 11.0. The molecule has 7 heteroatoms. The molecule has 3 rings (SSSR count). The van der Waals surface area contributed by atoms with Crippen molar-refractivity contribution in [3.8, 4) is 0 Å². The molecule has 2 aromatic rings. The van der Waals surface area contributed by atoms with Gasteiger partial charge in [0.25, 0.3) is 0 Å². The second-order valence-corrected chi connectivity index (χ2v) is 5.15. The molecule has 1 aliphatic rings. The highest BCUT2D eigenvalue weighted by atomic mass is 16.5. The van der Waals surface area contributed by atoms with Gasteiger partial charge in [0, 0.05) is 31.9 Å². The van der Waals surface area contributed by atoms with E-state index in [4.69, 9.17) is 9.26 Å². The van der Waals surface area contributed by atoms with Crippen LogP contribution < -0.4 is 5.32 Å². The summed E-state index contributed by atoms with van der Waals surface area (Å²) in [5.41, 5.74) is 0.916. The van der Waals surface area contributed by atoms with Crippen molar-refractivity contribution in [2.45, 2.75) is 19.6 Å². The Morgan fingerprint density at radius 1 is 1.48 bits per heavy atom. The fourth-order valence-electron chi connectivity index (χ4n) is 2.37. The summed E-state index contributed by atoms with van der Waals surface area (Å²) in [5.74, 6) is 1.67. The topological polar surface area (TPSA) is 76.3 Å². The summed E-state index contributed by atoms with van der Waals surface area (Å²) in [7, 11) is 0. The van der Waals surface area contributed by atoms with Gasteiger partial charge in [-0.15, -0.1) is 5.10 Å². The van der Waals surface area contributed by atoms with E-state index in [1.165, 1.54) is 0 Å². The molecule has 112 valence electrons. The largest absolute Gasteiger partial charge is 0.374 e. The smallest absolute Gasteiger partial charge is 0.150 e. The van der Waals surface area contributed by atoms with Crippen molar-refractivity contribution < 1.29 is 9.26 Å². The van der Waals surface area contributed by atoms with Crippen molar-refractivity contribution in [1.82, 2.24) is 20.3 Å². The van der Waals surface area contributed by atoms with E-state index in [9.17, 15) is 0 Å². The highest BCUT2D eigenvalue weighted by Gasteiger charge is 2.21. The van der Waals surface area contributed by atoms with E-state index in [1.54, 1.807) is 6.20 Å². The Morgan fingerprint density at radius 2 is 2.43 bits per heavy atom. The van der Waals surface area contributed by atoms with Crippen LogP contribution in [0.5, 0.6) is 0 Å². The molecule has 0 bridgehead atoms. The number of anilines is 1. The molecular weight excluding hydrogens is 270 g/mol. The van der Waals surface area contributed by atoms with Gasteiger partial charge in [-0.2, -0.15) is 5.10 Å². The number of ether oxygens (including phenoxy) is 1. The molecule has 0 spiro atoms. The van der Waals surface area contributed by atoms with E-state index in [1.807, 2.05) is 25.1 Å². The molecule has 1 saturated heterocycles. The predicted molar refractivity (Wildman–Crippen MR) is 76.8 cm³/mol. The van der Waals surface area contributed by atoms with Crippen molar-refractivity contribution in [2.75, 3.05) is 31.6 Å². The quantitative estimate of drug-likeness (QED) is 0.882. The zero-order chi connectivity index (χ0) is 14.5. The van der Waals surface area contributed by atoms with Gasteiger partial charge in [-0.1, -0.05) is 5.16 Å². The highest BCUT2D eigenvalue weighted by Crippen LogP contribution is 2.12. The maximum atomic E-state index is 5.77. The molecule has 0 saturated carbocycles. The van der Waals surface area contributed by atoms with Crippen LogP contribution in [0.1, 0.15) is 11.5 Å². The molecule has 3 heterocycles. The number of morpholine rings is 1. The number of aryl methyl sites for hydroxylation is 1. The number of aromatic nitrogens is 3. The molecule has 7 nitrogen and oxygen atoms in total. The molecule has 0 aliphatic carbocycles. The Bertz CT molecular complexity index is 560. The molecule has 2 aromatic heterocycles. The van der Waals surface area contributed by atoms with Crippen LogP contribution in [-0.4, -0.2) is 52.6 Å². The molecule has 0 amide bonds. The minimum atomic E-state index is 0.129. The van der Waals surface area contributed by atoms with Gasteiger partial charge in [-0.25, -0.2) is 0 Å². The van der Waals surface area contributed by atoms with Crippen molar-refractivity contribution in [3.63, 3.8) is 0 Å². The van der Waals surface area contributed by atoms with Crippen LogP contribution in [0.15, 0.2) is 28.9 Å². The Kier molecular flexibility index (Phi) is 4.42. The molecular formula is C14H19N5O2. The fraction of sp³-hybridized carbons (Fsp3) is 0.500. The molecule has 1 fully saturated rings. The summed E-state index contributed by atoms with van der Waals surface area (Å²) >= 11 is 0. The zero-order valence-electron chi connectivity index (χ0n) is 12.0. The lowest BCUT2D eigenvalue weighted by Crippen LogP contribution is -2.44. The van der Waals surface area contributed by atoms with Crippen molar-refractivity contribution >= 4 is 5.82 Å². The second-order valence-electron chi connectivity index (χ2n) is 5.15.